The van der Waals surface area contributed by atoms with Crippen molar-refractivity contribution in [2.75, 3.05) is 24.5 Å². The highest BCUT2D eigenvalue weighted by Crippen LogP contribution is 2.20. The van der Waals surface area contributed by atoms with Crippen LogP contribution in [0.25, 0.3) is 0 Å². The zero-order chi connectivity index (χ0) is 16.8. The van der Waals surface area contributed by atoms with Crippen LogP contribution < -0.4 is 10.2 Å². The summed E-state index contributed by atoms with van der Waals surface area (Å²) >= 11 is 0. The average molecular weight is 328 g/mol. The van der Waals surface area contributed by atoms with Gasteiger partial charge in [0.15, 0.2) is 0 Å². The van der Waals surface area contributed by atoms with Crippen LogP contribution in [-0.2, 0) is 0 Å². The Balaban J connectivity index is 1.54. The van der Waals surface area contributed by atoms with E-state index < -0.39 is 0 Å². The number of aromatic nitrogens is 2. The summed E-state index contributed by atoms with van der Waals surface area (Å²) in [5.74, 6) is 1.24. The molecule has 1 unspecified atom stereocenters. The Morgan fingerprint density at radius 1 is 1.38 bits per heavy atom. The van der Waals surface area contributed by atoms with Crippen molar-refractivity contribution in [2.45, 2.75) is 51.9 Å². The Labute approximate surface area is 144 Å². The van der Waals surface area contributed by atoms with Gasteiger partial charge in [-0.3, -0.25) is 4.79 Å². The van der Waals surface area contributed by atoms with Crippen molar-refractivity contribution < 1.29 is 4.79 Å². The summed E-state index contributed by atoms with van der Waals surface area (Å²) in [6.07, 6.45) is 12.3. The molecular formula is C19H28N4O. The molecule has 0 radical (unpaired) electrons. The van der Waals surface area contributed by atoms with Gasteiger partial charge in [0.25, 0.3) is 5.91 Å². The van der Waals surface area contributed by atoms with Gasteiger partial charge in [-0.05, 0) is 56.9 Å². The van der Waals surface area contributed by atoms with Gasteiger partial charge >= 0.3 is 0 Å². The maximum atomic E-state index is 12.3. The van der Waals surface area contributed by atoms with E-state index in [9.17, 15) is 4.79 Å². The van der Waals surface area contributed by atoms with Crippen molar-refractivity contribution >= 4 is 11.9 Å². The highest BCUT2D eigenvalue weighted by atomic mass is 16.1. The van der Waals surface area contributed by atoms with Crippen molar-refractivity contribution in [1.29, 1.82) is 0 Å². The molecule has 0 spiro atoms. The number of carbonyl (C=O) groups excluding carboxylic acids is 1. The van der Waals surface area contributed by atoms with E-state index in [4.69, 9.17) is 0 Å². The molecule has 1 fully saturated rings. The van der Waals surface area contributed by atoms with Gasteiger partial charge in [-0.15, -0.1) is 0 Å². The number of carbonyl (C=O) groups is 1. The van der Waals surface area contributed by atoms with Crippen LogP contribution in [0.15, 0.2) is 23.9 Å². The molecule has 2 heterocycles. The average Bonchev–Trinajstić information content (AvgIpc) is 2.63. The summed E-state index contributed by atoms with van der Waals surface area (Å²) in [6, 6.07) is 1.70. The summed E-state index contributed by atoms with van der Waals surface area (Å²) in [4.78, 5) is 23.4. The topological polar surface area (TPSA) is 58.1 Å². The zero-order valence-electron chi connectivity index (χ0n) is 14.6. The third-order valence-electron chi connectivity index (χ3n) is 4.93. The molecule has 1 amide bonds. The molecule has 2 aliphatic rings. The van der Waals surface area contributed by atoms with Crippen molar-refractivity contribution in [2.24, 2.45) is 5.92 Å². The lowest BCUT2D eigenvalue weighted by Gasteiger charge is -2.30. The van der Waals surface area contributed by atoms with E-state index in [-0.39, 0.29) is 5.91 Å². The van der Waals surface area contributed by atoms with Crippen LogP contribution in [0, 0.1) is 5.92 Å². The Kier molecular flexibility index (Phi) is 5.83. The molecule has 1 atom stereocenters. The second-order valence-electron chi connectivity index (χ2n) is 7.05. The molecule has 5 nitrogen and oxygen atoms in total. The van der Waals surface area contributed by atoms with Gasteiger partial charge in [-0.25, -0.2) is 9.97 Å². The highest BCUT2D eigenvalue weighted by molar-refractivity contribution is 5.92. The van der Waals surface area contributed by atoms with Crippen LogP contribution in [0.4, 0.5) is 5.95 Å². The third-order valence-corrected chi connectivity index (χ3v) is 4.93. The number of hydrogen-bond acceptors (Lipinski definition) is 4. The molecule has 1 aromatic rings. The number of nitrogens with zero attached hydrogens (tertiary/aromatic N) is 3. The van der Waals surface area contributed by atoms with Crippen LogP contribution in [0.3, 0.4) is 0 Å². The van der Waals surface area contributed by atoms with Gasteiger partial charge in [-0.1, -0.05) is 18.6 Å². The predicted octanol–water partition coefficient (Wildman–Crippen LogP) is 3.33. The second kappa shape index (κ2) is 8.27. The normalized spacial score (nSPS) is 21.3. The zero-order valence-corrected chi connectivity index (χ0v) is 14.6. The van der Waals surface area contributed by atoms with Gasteiger partial charge in [-0.2, -0.15) is 0 Å². The Bertz CT molecular complexity index is 599. The molecule has 24 heavy (non-hydrogen) atoms. The van der Waals surface area contributed by atoms with E-state index in [1.807, 2.05) is 0 Å². The number of hydrogen-bond donors (Lipinski definition) is 1. The van der Waals surface area contributed by atoms with Crippen LogP contribution in [-0.4, -0.2) is 35.5 Å². The molecule has 130 valence electrons. The van der Waals surface area contributed by atoms with E-state index in [2.05, 4.69) is 33.2 Å². The van der Waals surface area contributed by atoms with Crippen LogP contribution in [0.1, 0.15) is 62.4 Å². The largest absolute Gasteiger partial charge is 0.350 e. The number of rotatable bonds is 5. The standard InChI is InChI=1S/C19H28N4O/c1-15-6-5-13-23(14-15)19-21-12-10-17(22-19)18(24)20-11-9-16-7-3-2-4-8-16/h7,10,12,15H,2-6,8-9,11,13-14H2,1H3,(H,20,24). The fraction of sp³-hybridized carbons (Fsp3) is 0.632. The molecule has 1 aromatic heterocycles. The molecule has 0 aromatic carbocycles. The predicted molar refractivity (Wildman–Crippen MR) is 96.1 cm³/mol. The monoisotopic (exact) mass is 328 g/mol. The van der Waals surface area contributed by atoms with Crippen molar-refractivity contribution in [1.82, 2.24) is 15.3 Å². The second-order valence-corrected chi connectivity index (χ2v) is 7.05. The van der Waals surface area contributed by atoms with Crippen molar-refractivity contribution in [3.05, 3.63) is 29.6 Å². The minimum Gasteiger partial charge on any atom is -0.350 e. The lowest BCUT2D eigenvalue weighted by atomic mass is 9.97. The first kappa shape index (κ1) is 16.9. The molecule has 0 saturated carbocycles. The minimum absolute atomic E-state index is 0.0971. The molecule has 5 heteroatoms. The molecule has 3 rings (SSSR count). The quantitative estimate of drug-likeness (QED) is 0.842. The molecule has 0 bridgehead atoms. The van der Waals surface area contributed by atoms with Gasteiger partial charge in [0.05, 0.1) is 0 Å². The van der Waals surface area contributed by atoms with E-state index in [1.54, 1.807) is 12.3 Å². The number of amides is 1. The molecule has 1 aliphatic heterocycles. The van der Waals surface area contributed by atoms with Gasteiger partial charge in [0.1, 0.15) is 5.69 Å². The summed E-state index contributed by atoms with van der Waals surface area (Å²) in [6.45, 7) is 4.89. The fourth-order valence-electron chi connectivity index (χ4n) is 3.56. The third kappa shape index (κ3) is 4.56. The Hall–Kier alpha value is -1.91. The molecular weight excluding hydrogens is 300 g/mol. The van der Waals surface area contributed by atoms with E-state index >= 15 is 0 Å². The van der Waals surface area contributed by atoms with Crippen LogP contribution >= 0.6 is 0 Å². The lowest BCUT2D eigenvalue weighted by molar-refractivity contribution is 0.0949. The Morgan fingerprint density at radius 3 is 3.08 bits per heavy atom. The van der Waals surface area contributed by atoms with E-state index in [0.717, 1.165) is 25.9 Å². The van der Waals surface area contributed by atoms with Crippen molar-refractivity contribution in [3.8, 4) is 0 Å². The highest BCUT2D eigenvalue weighted by Gasteiger charge is 2.19. The van der Waals surface area contributed by atoms with Gasteiger partial charge < -0.3 is 10.2 Å². The van der Waals surface area contributed by atoms with E-state index in [1.165, 1.54) is 37.7 Å². The first-order chi connectivity index (χ1) is 11.7. The van der Waals surface area contributed by atoms with Crippen LogP contribution in [0.2, 0.25) is 0 Å². The fourth-order valence-corrected chi connectivity index (χ4v) is 3.56. The van der Waals surface area contributed by atoms with E-state index in [0.29, 0.717) is 24.1 Å². The first-order valence-corrected chi connectivity index (χ1v) is 9.26. The maximum absolute atomic E-state index is 12.3. The summed E-state index contributed by atoms with van der Waals surface area (Å²) < 4.78 is 0. The molecule has 1 aliphatic carbocycles. The first-order valence-electron chi connectivity index (χ1n) is 9.26. The summed E-state index contributed by atoms with van der Waals surface area (Å²) in [5, 5.41) is 3.00. The van der Waals surface area contributed by atoms with Crippen LogP contribution in [0.5, 0.6) is 0 Å². The molecule has 1 saturated heterocycles. The lowest BCUT2D eigenvalue weighted by Crippen LogP contribution is -2.36. The number of nitrogens with one attached hydrogen (secondary N) is 1. The summed E-state index contributed by atoms with van der Waals surface area (Å²) in [7, 11) is 0. The minimum atomic E-state index is -0.0971. The Morgan fingerprint density at radius 2 is 2.29 bits per heavy atom. The van der Waals surface area contributed by atoms with Crippen molar-refractivity contribution in [3.63, 3.8) is 0 Å². The van der Waals surface area contributed by atoms with Gasteiger partial charge in [0, 0.05) is 25.8 Å². The number of piperidine rings is 1. The SMILES string of the molecule is CC1CCCN(c2nccc(C(=O)NCCC3=CCCCC3)n2)C1. The molecule has 1 N–H and O–H groups in total. The summed E-state index contributed by atoms with van der Waals surface area (Å²) in [5.41, 5.74) is 1.95. The van der Waals surface area contributed by atoms with Gasteiger partial charge in [0.2, 0.25) is 5.95 Å². The number of anilines is 1. The maximum Gasteiger partial charge on any atom is 0.270 e. The number of allylic oxidation sites excluding steroid dienone is 1. The smallest absolute Gasteiger partial charge is 0.270 e.